The lowest BCUT2D eigenvalue weighted by molar-refractivity contribution is 0.303. The van der Waals surface area contributed by atoms with Crippen LogP contribution in [0.25, 0.3) is 0 Å². The van der Waals surface area contributed by atoms with E-state index in [1.807, 2.05) is 5.57 Å². The van der Waals surface area contributed by atoms with Gasteiger partial charge in [-0.05, 0) is 55.8 Å². The number of hydrogen-bond donors (Lipinski definition) is 0. The van der Waals surface area contributed by atoms with Crippen LogP contribution in [0.2, 0.25) is 0 Å². The van der Waals surface area contributed by atoms with Gasteiger partial charge in [-0.25, -0.2) is 0 Å². The first-order valence-electron chi connectivity index (χ1n) is 6.04. The highest BCUT2D eigenvalue weighted by Crippen LogP contribution is 2.50. The summed E-state index contributed by atoms with van der Waals surface area (Å²) in [5, 5.41) is 0. The fraction of sp³-hybridized carbons (Fsp3) is 0.846. The molecule has 2 saturated carbocycles. The summed E-state index contributed by atoms with van der Waals surface area (Å²) in [6.07, 6.45) is 11.6. The second kappa shape index (κ2) is 2.87. The molecule has 0 amide bonds. The van der Waals surface area contributed by atoms with Gasteiger partial charge in [0.25, 0.3) is 0 Å². The van der Waals surface area contributed by atoms with Gasteiger partial charge in [-0.15, -0.1) is 0 Å². The summed E-state index contributed by atoms with van der Waals surface area (Å²) in [6, 6.07) is 0. The molecule has 0 aromatic carbocycles. The molecule has 4 unspecified atom stereocenters. The van der Waals surface area contributed by atoms with Crippen molar-refractivity contribution < 1.29 is 0 Å². The third-order valence-electron chi connectivity index (χ3n) is 4.59. The Morgan fingerprint density at radius 3 is 2.62 bits per heavy atom. The molecule has 0 saturated heterocycles. The molecule has 0 heterocycles. The van der Waals surface area contributed by atoms with Gasteiger partial charge in [0.05, 0.1) is 0 Å². The van der Waals surface area contributed by atoms with Gasteiger partial charge in [0.15, 0.2) is 0 Å². The van der Waals surface area contributed by atoms with Crippen LogP contribution in [0.3, 0.4) is 0 Å². The van der Waals surface area contributed by atoms with Crippen molar-refractivity contribution in [3.05, 3.63) is 11.6 Å². The molecule has 0 radical (unpaired) electrons. The van der Waals surface area contributed by atoms with E-state index in [9.17, 15) is 0 Å². The van der Waals surface area contributed by atoms with E-state index < -0.39 is 0 Å². The summed E-state index contributed by atoms with van der Waals surface area (Å²) in [5.74, 6) is 4.17. The van der Waals surface area contributed by atoms with Gasteiger partial charge in [0.2, 0.25) is 0 Å². The monoisotopic (exact) mass is 176 g/mol. The molecule has 0 aliphatic heterocycles. The van der Waals surface area contributed by atoms with Crippen LogP contribution in [0.15, 0.2) is 11.6 Å². The Morgan fingerprint density at radius 1 is 1.15 bits per heavy atom. The Balaban J connectivity index is 1.95. The minimum atomic E-state index is 0.978. The van der Waals surface area contributed by atoms with E-state index in [-0.39, 0.29) is 0 Å². The third-order valence-corrected chi connectivity index (χ3v) is 4.59. The van der Waals surface area contributed by atoms with E-state index in [0.29, 0.717) is 0 Å². The lowest BCUT2D eigenvalue weighted by atomic mass is 9.73. The minimum absolute atomic E-state index is 0.978. The van der Waals surface area contributed by atoms with Crippen molar-refractivity contribution in [3.63, 3.8) is 0 Å². The SMILES string of the molecule is CCC1CC2CC3=CC1CC(C3)C2. The molecule has 13 heavy (non-hydrogen) atoms. The van der Waals surface area contributed by atoms with Crippen LogP contribution in [-0.2, 0) is 0 Å². The van der Waals surface area contributed by atoms with Crippen molar-refractivity contribution in [2.75, 3.05) is 0 Å². The molecule has 4 aliphatic carbocycles. The highest BCUT2D eigenvalue weighted by molar-refractivity contribution is 5.17. The van der Waals surface area contributed by atoms with Crippen molar-refractivity contribution in [1.29, 1.82) is 0 Å². The van der Waals surface area contributed by atoms with E-state index in [1.165, 1.54) is 32.1 Å². The Kier molecular flexibility index (Phi) is 1.78. The molecule has 2 fully saturated rings. The zero-order valence-electron chi connectivity index (χ0n) is 8.63. The lowest BCUT2D eigenvalue weighted by Crippen LogP contribution is -2.19. The maximum absolute atomic E-state index is 2.66. The van der Waals surface area contributed by atoms with Crippen molar-refractivity contribution in [2.24, 2.45) is 23.7 Å². The predicted octanol–water partition coefficient (Wildman–Crippen LogP) is 3.78. The molecule has 0 spiro atoms. The summed E-state index contributed by atoms with van der Waals surface area (Å²) in [6.45, 7) is 2.38. The lowest BCUT2D eigenvalue weighted by Gasteiger charge is -2.32. The molecule has 4 atom stereocenters. The topological polar surface area (TPSA) is 0 Å². The van der Waals surface area contributed by atoms with Gasteiger partial charge < -0.3 is 0 Å². The number of hydrogen-bond acceptors (Lipinski definition) is 0. The van der Waals surface area contributed by atoms with Crippen molar-refractivity contribution in [2.45, 2.75) is 45.4 Å². The maximum Gasteiger partial charge on any atom is -0.0200 e. The van der Waals surface area contributed by atoms with E-state index in [4.69, 9.17) is 0 Å². The Bertz CT molecular complexity index is 238. The van der Waals surface area contributed by atoms with Gasteiger partial charge in [-0.1, -0.05) is 25.0 Å². The molecule has 4 aliphatic rings. The standard InChI is InChI=1S/C13H20/c1-2-12-6-9-3-10-5-11(4-9)8-13(12)7-10/h7,9,11-13H,2-6,8H2,1H3. The smallest absolute Gasteiger partial charge is 0.0200 e. The molecular formula is C13H20. The molecule has 0 nitrogen and oxygen atoms in total. The van der Waals surface area contributed by atoms with Crippen molar-refractivity contribution >= 4 is 0 Å². The first kappa shape index (κ1) is 8.08. The highest BCUT2D eigenvalue weighted by atomic mass is 14.4. The first-order chi connectivity index (χ1) is 6.35. The molecular weight excluding hydrogens is 156 g/mol. The van der Waals surface area contributed by atoms with Crippen molar-refractivity contribution in [3.8, 4) is 0 Å². The predicted molar refractivity (Wildman–Crippen MR) is 55.4 cm³/mol. The average molecular weight is 176 g/mol. The second-order valence-electron chi connectivity index (χ2n) is 5.50. The van der Waals surface area contributed by atoms with Crippen LogP contribution >= 0.6 is 0 Å². The van der Waals surface area contributed by atoms with E-state index >= 15 is 0 Å². The Morgan fingerprint density at radius 2 is 1.92 bits per heavy atom. The van der Waals surface area contributed by atoms with E-state index in [2.05, 4.69) is 13.0 Å². The first-order valence-corrected chi connectivity index (χ1v) is 6.04. The summed E-state index contributed by atoms with van der Waals surface area (Å²) in [5.41, 5.74) is 1.83. The normalized spacial score (nSPS) is 47.6. The van der Waals surface area contributed by atoms with Gasteiger partial charge in [0, 0.05) is 0 Å². The summed E-state index contributed by atoms with van der Waals surface area (Å²) in [7, 11) is 0. The maximum atomic E-state index is 2.66. The van der Waals surface area contributed by atoms with E-state index in [1.54, 1.807) is 6.42 Å². The van der Waals surface area contributed by atoms with E-state index in [0.717, 1.165) is 23.7 Å². The summed E-state index contributed by atoms with van der Waals surface area (Å²) in [4.78, 5) is 0. The van der Waals surface area contributed by atoms with Crippen LogP contribution in [0.1, 0.15) is 45.4 Å². The van der Waals surface area contributed by atoms with Crippen molar-refractivity contribution in [1.82, 2.24) is 0 Å². The van der Waals surface area contributed by atoms with Gasteiger partial charge in [0.1, 0.15) is 0 Å². The largest absolute Gasteiger partial charge is 0.0819 e. The fourth-order valence-corrected chi connectivity index (χ4v) is 4.11. The van der Waals surface area contributed by atoms with Crippen LogP contribution in [-0.4, -0.2) is 0 Å². The Hall–Kier alpha value is -0.260. The number of rotatable bonds is 1. The zero-order valence-corrected chi connectivity index (χ0v) is 8.63. The molecule has 0 N–H and O–H groups in total. The quantitative estimate of drug-likeness (QED) is 0.533. The van der Waals surface area contributed by atoms with Crippen LogP contribution < -0.4 is 0 Å². The average Bonchev–Trinajstić information content (AvgIpc) is 2.29. The Labute approximate surface area is 81.4 Å². The molecule has 4 rings (SSSR count). The molecule has 72 valence electrons. The molecule has 0 aromatic heterocycles. The van der Waals surface area contributed by atoms with Gasteiger partial charge >= 0.3 is 0 Å². The fourth-order valence-electron chi connectivity index (χ4n) is 4.11. The zero-order chi connectivity index (χ0) is 8.84. The number of allylic oxidation sites excluding steroid dienone is 2. The number of fused-ring (bicyclic) bond motifs is 1. The molecule has 0 aromatic rings. The minimum Gasteiger partial charge on any atom is -0.0819 e. The summed E-state index contributed by atoms with van der Waals surface area (Å²) >= 11 is 0. The van der Waals surface area contributed by atoms with Gasteiger partial charge in [-0.2, -0.15) is 0 Å². The van der Waals surface area contributed by atoms with Crippen LogP contribution in [0, 0.1) is 23.7 Å². The summed E-state index contributed by atoms with van der Waals surface area (Å²) < 4.78 is 0. The molecule has 0 heteroatoms. The second-order valence-corrected chi connectivity index (χ2v) is 5.50. The van der Waals surface area contributed by atoms with Gasteiger partial charge in [-0.3, -0.25) is 0 Å². The van der Waals surface area contributed by atoms with Crippen LogP contribution in [0.4, 0.5) is 0 Å². The molecule has 4 bridgehead atoms. The van der Waals surface area contributed by atoms with Crippen LogP contribution in [0.5, 0.6) is 0 Å². The highest BCUT2D eigenvalue weighted by Gasteiger charge is 2.38. The third kappa shape index (κ3) is 1.26.